The van der Waals surface area contributed by atoms with Gasteiger partial charge in [-0.15, -0.1) is 11.3 Å². The van der Waals surface area contributed by atoms with Crippen LogP contribution in [0.5, 0.6) is 0 Å². The number of aliphatic carboxylic acids is 4. The maximum atomic E-state index is 12.6. The number of nitrogens with one attached hydrogen (secondary N) is 1. The Morgan fingerprint density at radius 2 is 1.18 bits per heavy atom. The lowest BCUT2D eigenvalue weighted by molar-refractivity contribution is -0.159. The number of hydrogen-bond donors (Lipinski definition) is 5. The molecule has 0 spiro atoms. The quantitative estimate of drug-likeness (QED) is 0.202. The average molecular weight is 592 g/mol. The average Bonchev–Trinajstić information content (AvgIpc) is 3.20. The minimum absolute atomic E-state index is 0.206. The van der Waals surface area contributed by atoms with E-state index in [-0.39, 0.29) is 31.2 Å². The molecule has 1 aliphatic heterocycles. The SMILES string of the molecule is CCOC(=O)c1sc(NC(=O)CN2CCN(CC)CC2)c(C(=O)OCC)c1C.O=C(O)C(=O)O.O=C(O)C(=O)O. The molecule has 2 heterocycles. The van der Waals surface area contributed by atoms with Gasteiger partial charge in [-0.3, -0.25) is 9.69 Å². The lowest BCUT2D eigenvalue weighted by atomic mass is 10.1. The van der Waals surface area contributed by atoms with Crippen molar-refractivity contribution < 1.29 is 63.5 Å². The predicted molar refractivity (Wildman–Crippen MR) is 139 cm³/mol. The Morgan fingerprint density at radius 1 is 0.750 bits per heavy atom. The zero-order valence-corrected chi connectivity index (χ0v) is 23.2. The Labute approximate surface area is 233 Å². The summed E-state index contributed by atoms with van der Waals surface area (Å²) >= 11 is 1.05. The number of anilines is 1. The van der Waals surface area contributed by atoms with Crippen molar-refractivity contribution in [1.82, 2.24) is 9.80 Å². The van der Waals surface area contributed by atoms with Crippen molar-refractivity contribution in [2.24, 2.45) is 0 Å². The minimum Gasteiger partial charge on any atom is -0.473 e. The molecule has 0 aliphatic carbocycles. The molecule has 1 saturated heterocycles. The minimum atomic E-state index is -1.82. The lowest BCUT2D eigenvalue weighted by Crippen LogP contribution is -2.48. The van der Waals surface area contributed by atoms with Gasteiger partial charge in [-0.2, -0.15) is 0 Å². The Kier molecular flexibility index (Phi) is 16.4. The normalized spacial score (nSPS) is 12.9. The number of rotatable bonds is 8. The molecule has 0 atom stereocenters. The molecule has 17 heteroatoms. The number of amides is 1. The van der Waals surface area contributed by atoms with Crippen LogP contribution in [-0.4, -0.2) is 124 Å². The highest BCUT2D eigenvalue weighted by Crippen LogP contribution is 2.34. The first-order valence-electron chi connectivity index (χ1n) is 11.8. The van der Waals surface area contributed by atoms with E-state index in [9.17, 15) is 14.4 Å². The monoisotopic (exact) mass is 591 g/mol. The number of carbonyl (C=O) groups is 7. The van der Waals surface area contributed by atoms with Gasteiger partial charge in [0, 0.05) is 26.2 Å². The van der Waals surface area contributed by atoms with Crippen LogP contribution in [-0.2, 0) is 33.4 Å². The fourth-order valence-corrected chi connectivity index (χ4v) is 4.18. The number of carboxylic acids is 4. The summed E-state index contributed by atoms with van der Waals surface area (Å²) in [5, 5.41) is 32.7. The molecule has 0 saturated carbocycles. The van der Waals surface area contributed by atoms with E-state index in [2.05, 4.69) is 22.0 Å². The van der Waals surface area contributed by atoms with Crippen LogP contribution in [0.15, 0.2) is 0 Å². The van der Waals surface area contributed by atoms with Crippen molar-refractivity contribution >= 4 is 58.1 Å². The van der Waals surface area contributed by atoms with Gasteiger partial charge >= 0.3 is 35.8 Å². The Morgan fingerprint density at radius 3 is 1.57 bits per heavy atom. The third-order valence-electron chi connectivity index (χ3n) is 4.99. The number of nitrogens with zero attached hydrogens (tertiary/aromatic N) is 2. The molecule has 40 heavy (non-hydrogen) atoms. The van der Waals surface area contributed by atoms with E-state index in [1.54, 1.807) is 20.8 Å². The summed E-state index contributed by atoms with van der Waals surface area (Å²) in [4.78, 5) is 78.2. The molecule has 1 aliphatic rings. The van der Waals surface area contributed by atoms with E-state index in [1.807, 2.05) is 0 Å². The van der Waals surface area contributed by atoms with E-state index >= 15 is 0 Å². The van der Waals surface area contributed by atoms with E-state index < -0.39 is 35.8 Å². The zero-order valence-electron chi connectivity index (χ0n) is 22.4. The molecule has 224 valence electrons. The lowest BCUT2D eigenvalue weighted by Gasteiger charge is -2.33. The van der Waals surface area contributed by atoms with Gasteiger partial charge in [0.05, 0.1) is 25.3 Å². The fourth-order valence-electron chi connectivity index (χ4n) is 3.07. The first-order chi connectivity index (χ1) is 18.7. The number of esters is 2. The summed E-state index contributed by atoms with van der Waals surface area (Å²) in [6, 6.07) is 0. The standard InChI is InChI=1S/C19H29N3O5S.2C2H2O4/c1-5-21-8-10-22(11-9-21)12-14(23)20-17-15(18(24)26-6-2)13(4)16(28-17)19(25)27-7-3;2*3-1(4)2(5)6/h5-12H2,1-4H3,(H,20,23);2*(H,3,4)(H,5,6). The topological polar surface area (TPSA) is 237 Å². The van der Waals surface area contributed by atoms with Crippen molar-refractivity contribution in [2.45, 2.75) is 27.7 Å². The maximum Gasteiger partial charge on any atom is 0.414 e. The molecule has 2 rings (SSSR count). The molecule has 1 fully saturated rings. The summed E-state index contributed by atoms with van der Waals surface area (Å²) in [6.45, 7) is 12.4. The number of ether oxygens (including phenoxy) is 2. The summed E-state index contributed by atoms with van der Waals surface area (Å²) < 4.78 is 10.2. The summed E-state index contributed by atoms with van der Waals surface area (Å²) in [5.74, 6) is -8.58. The number of carbonyl (C=O) groups excluding carboxylic acids is 3. The van der Waals surface area contributed by atoms with Crippen molar-refractivity contribution in [2.75, 3.05) is 57.8 Å². The Hall–Kier alpha value is -4.09. The van der Waals surface area contributed by atoms with Crippen LogP contribution in [0.25, 0.3) is 0 Å². The highest BCUT2D eigenvalue weighted by atomic mass is 32.1. The highest BCUT2D eigenvalue weighted by Gasteiger charge is 2.28. The van der Waals surface area contributed by atoms with E-state index in [0.29, 0.717) is 15.4 Å². The second-order valence-electron chi connectivity index (χ2n) is 7.68. The third kappa shape index (κ3) is 12.6. The number of thiophene rings is 1. The predicted octanol–water partition coefficient (Wildman–Crippen LogP) is 0.297. The van der Waals surface area contributed by atoms with Crippen LogP contribution in [0.2, 0.25) is 0 Å². The summed E-state index contributed by atoms with van der Waals surface area (Å²) in [5.41, 5.74) is 0.688. The fraction of sp³-hybridized carbons (Fsp3) is 0.522. The Balaban J connectivity index is 0.00000106. The van der Waals surface area contributed by atoms with Gasteiger partial charge in [0.2, 0.25) is 5.91 Å². The van der Waals surface area contributed by atoms with Gasteiger partial charge in [-0.1, -0.05) is 6.92 Å². The van der Waals surface area contributed by atoms with Crippen molar-refractivity contribution in [3.8, 4) is 0 Å². The molecule has 0 bridgehead atoms. The first-order valence-corrected chi connectivity index (χ1v) is 12.7. The van der Waals surface area contributed by atoms with Crippen LogP contribution in [0.1, 0.15) is 46.4 Å². The molecular formula is C23H33N3O13S. The Bertz CT molecular complexity index is 1030. The van der Waals surface area contributed by atoms with E-state index in [0.717, 1.165) is 44.1 Å². The van der Waals surface area contributed by atoms with Gasteiger partial charge in [-0.05, 0) is 32.9 Å². The second kappa shape index (κ2) is 18.2. The number of carboxylic acid groups (broad SMARTS) is 4. The van der Waals surface area contributed by atoms with Crippen LogP contribution in [0.4, 0.5) is 5.00 Å². The molecule has 5 N–H and O–H groups in total. The molecule has 1 aromatic rings. The number of piperazine rings is 1. The van der Waals surface area contributed by atoms with Crippen LogP contribution >= 0.6 is 11.3 Å². The maximum absolute atomic E-state index is 12.6. The molecule has 1 aromatic heterocycles. The van der Waals surface area contributed by atoms with E-state index in [4.69, 9.17) is 49.1 Å². The van der Waals surface area contributed by atoms with Gasteiger partial charge < -0.3 is 40.1 Å². The molecule has 0 unspecified atom stereocenters. The van der Waals surface area contributed by atoms with Gasteiger partial charge in [0.1, 0.15) is 9.88 Å². The molecular weight excluding hydrogens is 558 g/mol. The second-order valence-corrected chi connectivity index (χ2v) is 8.70. The zero-order chi connectivity index (χ0) is 31.0. The smallest absolute Gasteiger partial charge is 0.414 e. The van der Waals surface area contributed by atoms with Crippen molar-refractivity contribution in [3.05, 3.63) is 16.0 Å². The molecule has 0 aromatic carbocycles. The van der Waals surface area contributed by atoms with Gasteiger partial charge in [0.15, 0.2) is 0 Å². The van der Waals surface area contributed by atoms with Crippen molar-refractivity contribution in [1.29, 1.82) is 0 Å². The summed E-state index contributed by atoms with van der Waals surface area (Å²) in [6.07, 6.45) is 0. The van der Waals surface area contributed by atoms with Crippen LogP contribution < -0.4 is 5.32 Å². The molecule has 16 nitrogen and oxygen atoms in total. The summed E-state index contributed by atoms with van der Waals surface area (Å²) in [7, 11) is 0. The van der Waals surface area contributed by atoms with Gasteiger partial charge in [-0.25, -0.2) is 28.8 Å². The van der Waals surface area contributed by atoms with Gasteiger partial charge in [0.25, 0.3) is 0 Å². The highest BCUT2D eigenvalue weighted by molar-refractivity contribution is 7.18. The number of hydrogen-bond acceptors (Lipinski definition) is 12. The van der Waals surface area contributed by atoms with Crippen LogP contribution in [0.3, 0.4) is 0 Å². The first kappa shape index (κ1) is 35.9. The number of likely N-dealkylation sites (N-methyl/N-ethyl adjacent to an activating group) is 1. The largest absolute Gasteiger partial charge is 0.473 e. The third-order valence-corrected chi connectivity index (χ3v) is 6.17. The molecule has 0 radical (unpaired) electrons. The van der Waals surface area contributed by atoms with Crippen molar-refractivity contribution in [3.63, 3.8) is 0 Å². The van der Waals surface area contributed by atoms with E-state index in [1.165, 1.54) is 0 Å². The van der Waals surface area contributed by atoms with Crippen LogP contribution in [0, 0.1) is 6.92 Å². The molecule has 1 amide bonds.